The fourth-order valence-corrected chi connectivity index (χ4v) is 3.69. The first-order valence-corrected chi connectivity index (χ1v) is 7.42. The summed E-state index contributed by atoms with van der Waals surface area (Å²) in [6, 6.07) is 7.82. The lowest BCUT2D eigenvalue weighted by Crippen LogP contribution is -2.76. The number of hydrogen-bond donors (Lipinski definition) is 2. The van der Waals surface area contributed by atoms with E-state index in [1.807, 2.05) is 43.3 Å². The molecule has 0 atom stereocenters. The van der Waals surface area contributed by atoms with Crippen LogP contribution in [0.3, 0.4) is 0 Å². The van der Waals surface area contributed by atoms with Gasteiger partial charge in [0.15, 0.2) is 0 Å². The Morgan fingerprint density at radius 3 is 2.29 bits per heavy atom. The highest BCUT2D eigenvalue weighted by Crippen LogP contribution is 2.52. The fraction of sp³-hybridized carbons (Fsp3) is 0.588. The number of rotatable bonds is 3. The normalized spacial score (nSPS) is 25.9. The summed E-state index contributed by atoms with van der Waals surface area (Å²) < 4.78 is 0. The minimum absolute atomic E-state index is 0.0308. The summed E-state index contributed by atoms with van der Waals surface area (Å²) in [5.74, 6) is -0.0308. The number of carbonyl (C=O) groups excluding carboxylic acids is 1. The molecule has 0 heterocycles. The zero-order chi connectivity index (χ0) is 16.0. The molecule has 1 amide bonds. The van der Waals surface area contributed by atoms with Crippen molar-refractivity contribution in [2.24, 2.45) is 16.6 Å². The Morgan fingerprint density at radius 1 is 1.19 bits per heavy atom. The van der Waals surface area contributed by atoms with Crippen LogP contribution >= 0.6 is 0 Å². The van der Waals surface area contributed by atoms with Crippen LogP contribution in [0.25, 0.3) is 0 Å². The molecule has 4 heteroatoms. The number of nitrogens with one attached hydrogen (secondary N) is 1. The van der Waals surface area contributed by atoms with Gasteiger partial charge < -0.3 is 16.0 Å². The van der Waals surface area contributed by atoms with Crippen molar-refractivity contribution in [1.82, 2.24) is 5.32 Å². The maximum atomic E-state index is 12.5. The van der Waals surface area contributed by atoms with Crippen molar-refractivity contribution in [3.05, 3.63) is 29.8 Å². The minimum atomic E-state index is -0.0850. The summed E-state index contributed by atoms with van der Waals surface area (Å²) in [7, 11) is 3.93. The van der Waals surface area contributed by atoms with Crippen LogP contribution in [0.1, 0.15) is 38.1 Å². The Kier molecular flexibility index (Phi) is 3.79. The van der Waals surface area contributed by atoms with E-state index in [1.54, 1.807) is 0 Å². The lowest BCUT2D eigenvalue weighted by atomic mass is 9.48. The van der Waals surface area contributed by atoms with Gasteiger partial charge in [0.05, 0.1) is 0 Å². The summed E-state index contributed by atoms with van der Waals surface area (Å²) in [6.45, 7) is 8.46. The van der Waals surface area contributed by atoms with E-state index >= 15 is 0 Å². The highest BCUT2D eigenvalue weighted by atomic mass is 16.1. The SMILES string of the molecule is CN(C)c1cccc(C(=O)NC2C(C)(C)C(N)C2(C)C)c1. The molecule has 0 unspecified atom stereocenters. The van der Waals surface area contributed by atoms with Crippen molar-refractivity contribution in [3.8, 4) is 0 Å². The zero-order valence-corrected chi connectivity index (χ0v) is 13.9. The minimum Gasteiger partial charge on any atom is -0.378 e. The lowest BCUT2D eigenvalue weighted by molar-refractivity contribution is -0.0663. The molecular weight excluding hydrogens is 262 g/mol. The number of carbonyl (C=O) groups is 1. The second kappa shape index (κ2) is 5.02. The molecule has 116 valence electrons. The first-order valence-electron chi connectivity index (χ1n) is 7.42. The number of nitrogens with zero attached hydrogens (tertiary/aromatic N) is 1. The molecule has 0 aliphatic heterocycles. The van der Waals surface area contributed by atoms with Crippen molar-refractivity contribution < 1.29 is 4.79 Å². The van der Waals surface area contributed by atoms with E-state index in [0.717, 1.165) is 5.69 Å². The predicted octanol–water partition coefficient (Wildman–Crippen LogP) is 2.24. The number of amides is 1. The van der Waals surface area contributed by atoms with E-state index < -0.39 is 0 Å². The topological polar surface area (TPSA) is 58.4 Å². The van der Waals surface area contributed by atoms with Gasteiger partial charge in [-0.05, 0) is 18.2 Å². The van der Waals surface area contributed by atoms with Gasteiger partial charge in [0, 0.05) is 48.3 Å². The van der Waals surface area contributed by atoms with Crippen molar-refractivity contribution in [3.63, 3.8) is 0 Å². The Labute approximate surface area is 127 Å². The monoisotopic (exact) mass is 289 g/mol. The van der Waals surface area contributed by atoms with Crippen LogP contribution < -0.4 is 16.0 Å². The summed E-state index contributed by atoms with van der Waals surface area (Å²) in [6.07, 6.45) is 0. The van der Waals surface area contributed by atoms with Crippen LogP contribution in [0.5, 0.6) is 0 Å². The van der Waals surface area contributed by atoms with E-state index in [4.69, 9.17) is 5.73 Å². The van der Waals surface area contributed by atoms with Gasteiger partial charge in [0.25, 0.3) is 5.91 Å². The molecule has 4 nitrogen and oxygen atoms in total. The predicted molar refractivity (Wildman–Crippen MR) is 87.6 cm³/mol. The number of benzene rings is 1. The third kappa shape index (κ3) is 2.53. The van der Waals surface area contributed by atoms with Crippen LogP contribution in [0.2, 0.25) is 0 Å². The maximum absolute atomic E-state index is 12.5. The molecule has 0 spiro atoms. The number of nitrogens with two attached hydrogens (primary N) is 1. The lowest BCUT2D eigenvalue weighted by Gasteiger charge is -2.62. The molecule has 0 radical (unpaired) electrons. The van der Waals surface area contributed by atoms with Gasteiger partial charge in [-0.15, -0.1) is 0 Å². The van der Waals surface area contributed by atoms with Crippen molar-refractivity contribution in [1.29, 1.82) is 0 Å². The second-order valence-corrected chi connectivity index (χ2v) is 7.47. The van der Waals surface area contributed by atoms with Crippen molar-refractivity contribution >= 4 is 11.6 Å². The van der Waals surface area contributed by atoms with E-state index in [0.29, 0.717) is 5.56 Å². The molecule has 1 fully saturated rings. The summed E-state index contributed by atoms with van der Waals surface area (Å²) in [5, 5.41) is 3.17. The van der Waals surface area contributed by atoms with Gasteiger partial charge in [-0.1, -0.05) is 33.8 Å². The molecule has 1 aromatic rings. The van der Waals surface area contributed by atoms with Crippen LogP contribution in [0, 0.1) is 10.8 Å². The van der Waals surface area contributed by atoms with Gasteiger partial charge in [0.2, 0.25) is 0 Å². The average molecular weight is 289 g/mol. The van der Waals surface area contributed by atoms with Crippen molar-refractivity contribution in [2.45, 2.75) is 39.8 Å². The molecule has 0 saturated heterocycles. The molecule has 0 aromatic heterocycles. The Morgan fingerprint density at radius 2 is 1.76 bits per heavy atom. The first-order chi connectivity index (χ1) is 9.58. The van der Waals surface area contributed by atoms with Crippen molar-refractivity contribution in [2.75, 3.05) is 19.0 Å². The fourth-order valence-electron chi connectivity index (χ4n) is 3.69. The smallest absolute Gasteiger partial charge is 0.251 e. The van der Waals surface area contributed by atoms with E-state index in [-0.39, 0.29) is 28.8 Å². The molecule has 2 rings (SSSR count). The number of anilines is 1. The molecule has 1 saturated carbocycles. The van der Waals surface area contributed by atoms with Gasteiger partial charge in [0.1, 0.15) is 0 Å². The summed E-state index contributed by atoms with van der Waals surface area (Å²) in [5.41, 5.74) is 7.78. The van der Waals surface area contributed by atoms with Gasteiger partial charge >= 0.3 is 0 Å². The van der Waals surface area contributed by atoms with Crippen LogP contribution in [0.15, 0.2) is 24.3 Å². The average Bonchev–Trinajstić information content (AvgIpc) is 2.43. The third-order valence-corrected chi connectivity index (χ3v) is 4.99. The molecule has 3 N–H and O–H groups in total. The van der Waals surface area contributed by atoms with Crippen LogP contribution in [-0.2, 0) is 0 Å². The Bertz CT molecular complexity index is 533. The maximum Gasteiger partial charge on any atom is 0.251 e. The second-order valence-electron chi connectivity index (χ2n) is 7.47. The molecule has 1 aliphatic carbocycles. The highest BCUT2D eigenvalue weighted by Gasteiger charge is 2.60. The summed E-state index contributed by atoms with van der Waals surface area (Å²) >= 11 is 0. The summed E-state index contributed by atoms with van der Waals surface area (Å²) in [4.78, 5) is 14.5. The largest absolute Gasteiger partial charge is 0.378 e. The van der Waals surface area contributed by atoms with Crippen LogP contribution in [-0.4, -0.2) is 32.1 Å². The molecular formula is C17H27N3O. The van der Waals surface area contributed by atoms with Gasteiger partial charge in [-0.2, -0.15) is 0 Å². The molecule has 21 heavy (non-hydrogen) atoms. The molecule has 1 aliphatic rings. The Balaban J connectivity index is 2.17. The first kappa shape index (κ1) is 15.8. The van der Waals surface area contributed by atoms with E-state index in [1.165, 1.54) is 0 Å². The quantitative estimate of drug-likeness (QED) is 0.897. The zero-order valence-electron chi connectivity index (χ0n) is 13.9. The standard InChI is InChI=1S/C17H27N3O/c1-16(2)14(18)17(3,4)15(16)19-13(21)11-8-7-9-12(10-11)20(5)6/h7-10,14-15H,18H2,1-6H3,(H,19,21). The molecule has 1 aromatic carbocycles. The van der Waals surface area contributed by atoms with Gasteiger partial charge in [-0.3, -0.25) is 4.79 Å². The van der Waals surface area contributed by atoms with E-state index in [9.17, 15) is 4.79 Å². The number of hydrogen-bond acceptors (Lipinski definition) is 3. The molecule has 0 bridgehead atoms. The van der Waals surface area contributed by atoms with Gasteiger partial charge in [-0.25, -0.2) is 0 Å². The Hall–Kier alpha value is -1.55. The highest BCUT2D eigenvalue weighted by molar-refractivity contribution is 5.95. The third-order valence-electron chi connectivity index (χ3n) is 4.99. The van der Waals surface area contributed by atoms with E-state index in [2.05, 4.69) is 33.0 Å². The van der Waals surface area contributed by atoms with Crippen LogP contribution in [0.4, 0.5) is 5.69 Å².